The maximum Gasteiger partial charge on any atom is 0.119 e. The van der Waals surface area contributed by atoms with Crippen molar-refractivity contribution in [2.24, 2.45) is 5.84 Å². The van der Waals surface area contributed by atoms with Crippen LogP contribution in [0.5, 0.6) is 5.75 Å². The molecule has 1 aliphatic rings. The van der Waals surface area contributed by atoms with Crippen LogP contribution in [0, 0.1) is 0 Å². The Bertz CT molecular complexity index is 325. The third-order valence-electron chi connectivity index (χ3n) is 2.88. The lowest BCUT2D eigenvalue weighted by atomic mass is 9.88. The number of aryl methyl sites for hydroxylation is 1. The molecular formula is C11H16N2O. The van der Waals surface area contributed by atoms with Gasteiger partial charge in [-0.15, -0.1) is 0 Å². The van der Waals surface area contributed by atoms with Gasteiger partial charge in [-0.05, 0) is 42.5 Å². The second-order valence-corrected chi connectivity index (χ2v) is 3.74. The molecule has 0 saturated carbocycles. The zero-order chi connectivity index (χ0) is 9.97. The molecule has 1 atom stereocenters. The lowest BCUT2D eigenvalue weighted by molar-refractivity contribution is 0.411. The van der Waals surface area contributed by atoms with E-state index in [0.29, 0.717) is 6.04 Å². The summed E-state index contributed by atoms with van der Waals surface area (Å²) in [5, 5.41) is 0. The molecule has 0 heterocycles. The van der Waals surface area contributed by atoms with Crippen molar-refractivity contribution in [2.75, 3.05) is 7.11 Å². The minimum absolute atomic E-state index is 0.427. The highest BCUT2D eigenvalue weighted by Crippen LogP contribution is 2.25. The molecule has 14 heavy (non-hydrogen) atoms. The van der Waals surface area contributed by atoms with Crippen molar-refractivity contribution < 1.29 is 4.74 Å². The Morgan fingerprint density at radius 1 is 1.43 bits per heavy atom. The smallest absolute Gasteiger partial charge is 0.119 e. The first-order valence-corrected chi connectivity index (χ1v) is 4.95. The van der Waals surface area contributed by atoms with E-state index in [4.69, 9.17) is 10.6 Å². The summed E-state index contributed by atoms with van der Waals surface area (Å²) >= 11 is 0. The molecule has 0 amide bonds. The Morgan fingerprint density at radius 2 is 2.29 bits per heavy atom. The third kappa shape index (κ3) is 1.74. The average molecular weight is 192 g/mol. The molecule has 1 aliphatic carbocycles. The Morgan fingerprint density at radius 3 is 3.00 bits per heavy atom. The Labute approximate surface area is 84.2 Å². The lowest BCUT2D eigenvalue weighted by Gasteiger charge is -2.24. The van der Waals surface area contributed by atoms with E-state index >= 15 is 0 Å². The number of benzene rings is 1. The SMILES string of the molecule is COc1ccc2c(c1)CC[C@H](NN)C2. The van der Waals surface area contributed by atoms with E-state index in [2.05, 4.69) is 17.6 Å². The van der Waals surface area contributed by atoms with Crippen LogP contribution in [0.15, 0.2) is 18.2 Å². The van der Waals surface area contributed by atoms with Gasteiger partial charge in [0.2, 0.25) is 0 Å². The number of nitrogens with one attached hydrogen (secondary N) is 1. The van der Waals surface area contributed by atoms with Crippen LogP contribution in [-0.4, -0.2) is 13.2 Å². The minimum Gasteiger partial charge on any atom is -0.497 e. The fourth-order valence-electron chi connectivity index (χ4n) is 2.00. The van der Waals surface area contributed by atoms with Crippen LogP contribution >= 0.6 is 0 Å². The number of hydrogen-bond donors (Lipinski definition) is 2. The Hall–Kier alpha value is -1.06. The molecular weight excluding hydrogens is 176 g/mol. The fraction of sp³-hybridized carbons (Fsp3) is 0.455. The Balaban J connectivity index is 2.23. The van der Waals surface area contributed by atoms with Gasteiger partial charge in [-0.2, -0.15) is 0 Å². The van der Waals surface area contributed by atoms with Crippen molar-refractivity contribution in [1.29, 1.82) is 0 Å². The number of methoxy groups -OCH3 is 1. The highest BCUT2D eigenvalue weighted by Gasteiger charge is 2.17. The average Bonchev–Trinajstić information content (AvgIpc) is 2.27. The van der Waals surface area contributed by atoms with Crippen LogP contribution in [0.1, 0.15) is 17.5 Å². The topological polar surface area (TPSA) is 47.3 Å². The van der Waals surface area contributed by atoms with Gasteiger partial charge < -0.3 is 4.74 Å². The quantitative estimate of drug-likeness (QED) is 0.543. The lowest BCUT2D eigenvalue weighted by Crippen LogP contribution is -2.39. The third-order valence-corrected chi connectivity index (χ3v) is 2.88. The van der Waals surface area contributed by atoms with Crippen molar-refractivity contribution in [1.82, 2.24) is 5.43 Å². The van der Waals surface area contributed by atoms with Gasteiger partial charge in [-0.25, -0.2) is 0 Å². The number of hydrazine groups is 1. The predicted molar refractivity (Wildman–Crippen MR) is 56.1 cm³/mol. The first-order chi connectivity index (χ1) is 6.83. The van der Waals surface area contributed by atoms with Crippen molar-refractivity contribution in [3.8, 4) is 5.75 Å². The molecule has 1 aromatic carbocycles. The highest BCUT2D eigenvalue weighted by atomic mass is 16.5. The molecule has 0 fully saturated rings. The molecule has 1 aromatic rings. The normalized spacial score (nSPS) is 20.3. The van der Waals surface area contributed by atoms with Gasteiger partial charge in [0.15, 0.2) is 0 Å². The summed E-state index contributed by atoms with van der Waals surface area (Å²) in [5.41, 5.74) is 5.63. The molecule has 76 valence electrons. The summed E-state index contributed by atoms with van der Waals surface area (Å²) in [4.78, 5) is 0. The second-order valence-electron chi connectivity index (χ2n) is 3.74. The van der Waals surface area contributed by atoms with Gasteiger partial charge in [0.1, 0.15) is 5.75 Å². The number of rotatable bonds is 2. The molecule has 3 nitrogen and oxygen atoms in total. The van der Waals surface area contributed by atoms with E-state index in [1.54, 1.807) is 7.11 Å². The summed E-state index contributed by atoms with van der Waals surface area (Å²) in [5.74, 6) is 6.39. The first kappa shape index (κ1) is 9.49. The number of ether oxygens (including phenoxy) is 1. The largest absolute Gasteiger partial charge is 0.497 e. The summed E-state index contributed by atoms with van der Waals surface area (Å²) in [6.07, 6.45) is 3.22. The van der Waals surface area contributed by atoms with E-state index in [0.717, 1.165) is 25.0 Å². The molecule has 0 saturated heterocycles. The van der Waals surface area contributed by atoms with Crippen molar-refractivity contribution in [2.45, 2.75) is 25.3 Å². The maximum atomic E-state index is 5.44. The van der Waals surface area contributed by atoms with Crippen molar-refractivity contribution >= 4 is 0 Å². The van der Waals surface area contributed by atoms with Crippen molar-refractivity contribution in [3.05, 3.63) is 29.3 Å². The zero-order valence-electron chi connectivity index (χ0n) is 8.42. The van der Waals surface area contributed by atoms with Gasteiger partial charge >= 0.3 is 0 Å². The molecule has 0 aromatic heterocycles. The van der Waals surface area contributed by atoms with E-state index in [9.17, 15) is 0 Å². The van der Waals surface area contributed by atoms with E-state index in [1.165, 1.54) is 11.1 Å². The number of nitrogens with two attached hydrogens (primary N) is 1. The molecule has 0 bridgehead atoms. The molecule has 0 aliphatic heterocycles. The molecule has 2 rings (SSSR count). The molecule has 3 N–H and O–H groups in total. The summed E-state index contributed by atoms with van der Waals surface area (Å²) in [7, 11) is 1.70. The molecule has 0 unspecified atom stereocenters. The second kappa shape index (κ2) is 3.98. The van der Waals surface area contributed by atoms with Gasteiger partial charge in [0.05, 0.1) is 7.11 Å². The highest BCUT2D eigenvalue weighted by molar-refractivity contribution is 5.37. The van der Waals surface area contributed by atoms with E-state index in [1.807, 2.05) is 6.07 Å². The van der Waals surface area contributed by atoms with Crippen LogP contribution in [-0.2, 0) is 12.8 Å². The standard InChI is InChI=1S/C11H16N2O/c1-14-11-5-3-8-6-10(13-12)4-2-9(8)7-11/h3,5,7,10,13H,2,4,6,12H2,1H3/t10-/m0/s1. The van der Waals surface area contributed by atoms with Crippen LogP contribution < -0.4 is 16.0 Å². The van der Waals surface area contributed by atoms with Gasteiger partial charge in [0.25, 0.3) is 0 Å². The number of hydrogen-bond acceptors (Lipinski definition) is 3. The van der Waals surface area contributed by atoms with Crippen LogP contribution in [0.25, 0.3) is 0 Å². The van der Waals surface area contributed by atoms with Crippen LogP contribution in [0.4, 0.5) is 0 Å². The number of fused-ring (bicyclic) bond motifs is 1. The summed E-state index contributed by atoms with van der Waals surface area (Å²) in [6, 6.07) is 6.70. The van der Waals surface area contributed by atoms with Gasteiger partial charge in [0, 0.05) is 6.04 Å². The Kier molecular flexibility index (Phi) is 2.70. The fourth-order valence-corrected chi connectivity index (χ4v) is 2.00. The molecule has 0 radical (unpaired) electrons. The van der Waals surface area contributed by atoms with Crippen molar-refractivity contribution in [3.63, 3.8) is 0 Å². The van der Waals surface area contributed by atoms with Crippen LogP contribution in [0.3, 0.4) is 0 Å². The van der Waals surface area contributed by atoms with Crippen LogP contribution in [0.2, 0.25) is 0 Å². The minimum atomic E-state index is 0.427. The van der Waals surface area contributed by atoms with E-state index < -0.39 is 0 Å². The monoisotopic (exact) mass is 192 g/mol. The van der Waals surface area contributed by atoms with E-state index in [-0.39, 0.29) is 0 Å². The molecule has 3 heteroatoms. The first-order valence-electron chi connectivity index (χ1n) is 4.95. The zero-order valence-corrected chi connectivity index (χ0v) is 8.42. The van der Waals surface area contributed by atoms with Gasteiger partial charge in [-0.3, -0.25) is 11.3 Å². The maximum absolute atomic E-state index is 5.44. The predicted octanol–water partition coefficient (Wildman–Crippen LogP) is 1.02. The summed E-state index contributed by atoms with van der Waals surface area (Å²) in [6.45, 7) is 0. The molecule has 0 spiro atoms. The summed E-state index contributed by atoms with van der Waals surface area (Å²) < 4.78 is 5.19. The van der Waals surface area contributed by atoms with Gasteiger partial charge in [-0.1, -0.05) is 6.07 Å².